The minimum atomic E-state index is -0.811. The van der Waals surface area contributed by atoms with E-state index in [1.54, 1.807) is 14.2 Å². The van der Waals surface area contributed by atoms with E-state index in [-0.39, 0.29) is 33.8 Å². The van der Waals surface area contributed by atoms with Crippen LogP contribution in [-0.4, -0.2) is 70.6 Å². The highest BCUT2D eigenvalue weighted by atomic mass is 19.1. The Morgan fingerprint density at radius 3 is 1.59 bits per heavy atom. The molecule has 0 radical (unpaired) electrons. The maximum Gasteiger partial charge on any atom is 0.341 e. The molecule has 0 amide bonds. The van der Waals surface area contributed by atoms with Gasteiger partial charge in [-0.15, -0.1) is 0 Å². The summed E-state index contributed by atoms with van der Waals surface area (Å²) in [5.41, 5.74) is -1.41. The van der Waals surface area contributed by atoms with Gasteiger partial charge in [-0.3, -0.25) is 0 Å². The third-order valence-electron chi connectivity index (χ3n) is 8.15. The summed E-state index contributed by atoms with van der Waals surface area (Å²) in [6.45, 7) is 16.5. The summed E-state index contributed by atoms with van der Waals surface area (Å²) < 4.78 is 26.7. The molecule has 3 rings (SSSR count). The van der Waals surface area contributed by atoms with Crippen molar-refractivity contribution in [3.05, 3.63) is 35.1 Å². The summed E-state index contributed by atoms with van der Waals surface area (Å²) in [5.74, 6) is -2.18. The van der Waals surface area contributed by atoms with Gasteiger partial charge in [-0.05, 0) is 99.3 Å². The molecule has 0 aliphatic carbocycles. The summed E-state index contributed by atoms with van der Waals surface area (Å²) in [6.07, 6.45) is 3.15. The molecular formula is C30H47FN2O6. The van der Waals surface area contributed by atoms with E-state index in [0.29, 0.717) is 25.7 Å². The van der Waals surface area contributed by atoms with Crippen LogP contribution in [-0.2, 0) is 19.1 Å². The Hall–Kier alpha value is -2.07. The zero-order valence-electron chi connectivity index (χ0n) is 25.4. The molecule has 1 aromatic rings. The Bertz CT molecular complexity index is 1050. The van der Waals surface area contributed by atoms with E-state index in [1.807, 2.05) is 37.8 Å². The van der Waals surface area contributed by atoms with Crippen molar-refractivity contribution >= 4 is 11.9 Å². The van der Waals surface area contributed by atoms with Crippen LogP contribution in [0.2, 0.25) is 0 Å². The number of rotatable bonds is 6. The molecule has 0 aromatic heterocycles. The van der Waals surface area contributed by atoms with Crippen molar-refractivity contribution in [3.8, 4) is 0 Å². The predicted octanol–water partition coefficient (Wildman–Crippen LogP) is 6.09. The molecule has 9 heteroatoms. The molecule has 0 saturated carbocycles. The van der Waals surface area contributed by atoms with Crippen LogP contribution in [0.1, 0.15) is 115 Å². The first-order valence-electron chi connectivity index (χ1n) is 13.8. The van der Waals surface area contributed by atoms with Gasteiger partial charge in [0.2, 0.25) is 0 Å². The lowest BCUT2D eigenvalue weighted by Crippen LogP contribution is -2.53. The van der Waals surface area contributed by atoms with Crippen LogP contribution >= 0.6 is 0 Å². The summed E-state index contributed by atoms with van der Waals surface area (Å²) in [6, 6.07) is 3.77. The molecule has 2 aliphatic heterocycles. The molecule has 0 bridgehead atoms. The molecule has 220 valence electrons. The molecule has 0 N–H and O–H groups in total. The highest BCUT2D eigenvalue weighted by molar-refractivity contribution is 5.93. The van der Waals surface area contributed by atoms with Gasteiger partial charge in [0, 0.05) is 35.0 Å². The second-order valence-corrected chi connectivity index (χ2v) is 13.4. The molecule has 8 nitrogen and oxygen atoms in total. The number of benzene rings is 1. The topological polar surface area (TPSA) is 77.5 Å². The summed E-state index contributed by atoms with van der Waals surface area (Å²) >= 11 is 0. The lowest BCUT2D eigenvalue weighted by atomic mass is 9.95. The highest BCUT2D eigenvalue weighted by Gasteiger charge is 2.45. The van der Waals surface area contributed by atoms with Gasteiger partial charge in [0.25, 0.3) is 0 Å². The van der Waals surface area contributed by atoms with E-state index in [9.17, 15) is 9.59 Å². The van der Waals surface area contributed by atoms with Crippen LogP contribution in [0.3, 0.4) is 0 Å². The van der Waals surface area contributed by atoms with E-state index in [2.05, 4.69) is 27.7 Å². The van der Waals surface area contributed by atoms with E-state index in [4.69, 9.17) is 19.1 Å². The Morgan fingerprint density at radius 1 is 0.744 bits per heavy atom. The number of carbonyl (C=O) groups is 2. The number of hydrogen-bond acceptors (Lipinski definition) is 8. The molecule has 0 spiro atoms. The highest BCUT2D eigenvalue weighted by Crippen LogP contribution is 2.39. The van der Waals surface area contributed by atoms with Crippen LogP contribution in [0.5, 0.6) is 0 Å². The molecule has 39 heavy (non-hydrogen) atoms. The molecule has 2 aliphatic rings. The van der Waals surface area contributed by atoms with Crippen molar-refractivity contribution in [1.82, 2.24) is 10.1 Å². The normalized spacial score (nSPS) is 26.7. The predicted molar refractivity (Wildman–Crippen MR) is 147 cm³/mol. The van der Waals surface area contributed by atoms with Crippen molar-refractivity contribution in [2.75, 3.05) is 14.2 Å². The smallest absolute Gasteiger partial charge is 0.341 e. The average molecular weight is 551 g/mol. The molecule has 2 saturated heterocycles. The molecule has 2 unspecified atom stereocenters. The van der Waals surface area contributed by atoms with Crippen molar-refractivity contribution in [3.63, 3.8) is 0 Å². The van der Waals surface area contributed by atoms with Crippen molar-refractivity contribution in [1.29, 1.82) is 0 Å². The molecular weight excluding hydrogens is 503 g/mol. The lowest BCUT2D eigenvalue weighted by Gasteiger charge is -2.44. The van der Waals surface area contributed by atoms with Gasteiger partial charge in [0.05, 0.1) is 25.3 Å². The van der Waals surface area contributed by atoms with E-state index >= 15 is 4.39 Å². The first kappa shape index (κ1) is 31.5. The van der Waals surface area contributed by atoms with E-state index in [0.717, 1.165) is 18.9 Å². The number of halogens is 1. The van der Waals surface area contributed by atoms with Gasteiger partial charge in [-0.25, -0.2) is 14.0 Å². The Balaban J connectivity index is 1.69. The van der Waals surface area contributed by atoms with Gasteiger partial charge in [0.1, 0.15) is 18.0 Å². The third kappa shape index (κ3) is 6.99. The number of carbonyl (C=O) groups excluding carboxylic acids is 2. The first-order chi connectivity index (χ1) is 17.9. The van der Waals surface area contributed by atoms with E-state index < -0.39 is 29.4 Å². The largest absolute Gasteiger partial charge is 0.459 e. The fourth-order valence-corrected chi connectivity index (χ4v) is 6.79. The second-order valence-electron chi connectivity index (χ2n) is 13.4. The van der Waals surface area contributed by atoms with Gasteiger partial charge in [-0.1, -0.05) is 0 Å². The number of hydrogen-bond donors (Lipinski definition) is 0. The van der Waals surface area contributed by atoms with Crippen LogP contribution < -0.4 is 0 Å². The molecule has 2 atom stereocenters. The van der Waals surface area contributed by atoms with Gasteiger partial charge < -0.3 is 19.1 Å². The first-order valence-corrected chi connectivity index (χ1v) is 13.8. The van der Waals surface area contributed by atoms with Crippen molar-refractivity contribution < 1.29 is 33.1 Å². The minimum Gasteiger partial charge on any atom is -0.459 e. The Morgan fingerprint density at radius 2 is 1.18 bits per heavy atom. The summed E-state index contributed by atoms with van der Waals surface area (Å²) in [7, 11) is 3.29. The quantitative estimate of drug-likeness (QED) is 0.394. The zero-order valence-corrected chi connectivity index (χ0v) is 25.4. The molecule has 2 fully saturated rings. The van der Waals surface area contributed by atoms with E-state index in [1.165, 1.54) is 12.1 Å². The van der Waals surface area contributed by atoms with Crippen molar-refractivity contribution in [2.24, 2.45) is 0 Å². The Kier molecular flexibility index (Phi) is 9.22. The van der Waals surface area contributed by atoms with Crippen LogP contribution in [0.15, 0.2) is 18.2 Å². The zero-order chi connectivity index (χ0) is 29.4. The maximum atomic E-state index is 15.1. The van der Waals surface area contributed by atoms with Gasteiger partial charge >= 0.3 is 11.9 Å². The number of ether oxygens (including phenoxy) is 2. The standard InChI is InChI=1S/C30H47FN2O6/c1-27(2)15-13-21(18-29(5,6)32(27)36-9)38-25(34)20-11-12-23(24(31)17-20)26(35)39-22-14-16-28(3,4)33(37-10)30(7,8)19-22/h11-12,17,21-22H,13-16,18-19H2,1-10H3. The summed E-state index contributed by atoms with van der Waals surface area (Å²) in [4.78, 5) is 37.3. The minimum absolute atomic E-state index is 0.0575. The van der Waals surface area contributed by atoms with Crippen LogP contribution in [0.4, 0.5) is 4.39 Å². The molecule has 2 heterocycles. The third-order valence-corrected chi connectivity index (χ3v) is 8.15. The Labute approximate surface area is 233 Å². The average Bonchev–Trinajstić information content (AvgIpc) is 2.94. The fourth-order valence-electron chi connectivity index (χ4n) is 6.79. The SMILES string of the molecule is CON1C(C)(C)CCC(OC(=O)c2ccc(C(=O)OC3CCC(C)(C)N(OC)C(C)(C)C3)c(F)c2)CC1(C)C. The monoisotopic (exact) mass is 550 g/mol. The summed E-state index contributed by atoms with van der Waals surface area (Å²) in [5, 5.41) is 3.90. The molecule has 1 aromatic carbocycles. The number of esters is 2. The van der Waals surface area contributed by atoms with Gasteiger partial charge in [0.15, 0.2) is 0 Å². The van der Waals surface area contributed by atoms with Crippen molar-refractivity contribution in [2.45, 2.75) is 128 Å². The maximum absolute atomic E-state index is 15.1. The fraction of sp³-hybridized carbons (Fsp3) is 0.733. The van der Waals surface area contributed by atoms with Gasteiger partial charge in [-0.2, -0.15) is 10.1 Å². The number of hydroxylamine groups is 4. The second kappa shape index (κ2) is 11.4. The number of nitrogens with zero attached hydrogens (tertiary/aromatic N) is 2. The van der Waals surface area contributed by atoms with Crippen LogP contribution in [0.25, 0.3) is 0 Å². The van der Waals surface area contributed by atoms with Crippen LogP contribution in [0, 0.1) is 5.82 Å². The lowest BCUT2D eigenvalue weighted by molar-refractivity contribution is -0.246.